The van der Waals surface area contributed by atoms with E-state index < -0.39 is 0 Å². The second kappa shape index (κ2) is 9.19. The van der Waals surface area contributed by atoms with Crippen molar-refractivity contribution in [3.8, 4) is 0 Å². The Labute approximate surface area is 103 Å². The summed E-state index contributed by atoms with van der Waals surface area (Å²) in [6, 6.07) is 0. The van der Waals surface area contributed by atoms with Crippen LogP contribution in [0.4, 0.5) is 0 Å². The summed E-state index contributed by atoms with van der Waals surface area (Å²) in [6.07, 6.45) is 8.28. The van der Waals surface area contributed by atoms with Crippen molar-refractivity contribution in [2.45, 2.75) is 32.1 Å². The Hall–Kier alpha value is -0.870. The molecule has 4 heteroatoms. The highest BCUT2D eigenvalue weighted by molar-refractivity contribution is 5.77. The lowest BCUT2D eigenvalue weighted by molar-refractivity contribution is -0.126. The number of carbonyl (C=O) groups excluding carboxylic acids is 1. The van der Waals surface area contributed by atoms with Crippen molar-refractivity contribution in [1.29, 1.82) is 0 Å². The van der Waals surface area contributed by atoms with Gasteiger partial charge >= 0.3 is 0 Å². The van der Waals surface area contributed by atoms with E-state index in [0.29, 0.717) is 13.2 Å². The molecule has 0 spiro atoms. The first-order chi connectivity index (χ1) is 8.33. The first-order valence-electron chi connectivity index (χ1n) is 6.34. The van der Waals surface area contributed by atoms with Crippen molar-refractivity contribution in [2.75, 3.05) is 33.5 Å². The number of carbonyl (C=O) groups is 1. The van der Waals surface area contributed by atoms with Gasteiger partial charge in [-0.25, -0.2) is 0 Å². The van der Waals surface area contributed by atoms with E-state index in [0.717, 1.165) is 13.0 Å². The Bertz CT molecular complexity index is 251. The standard InChI is InChI=1S/C13H23NO3/c1-16-9-10-17-11-13(15)14-8-7-12-5-3-2-4-6-12/h5H,2-4,6-11H2,1H3,(H,14,15). The summed E-state index contributed by atoms with van der Waals surface area (Å²) in [5.74, 6) is -0.0440. The summed E-state index contributed by atoms with van der Waals surface area (Å²) in [5, 5.41) is 2.86. The van der Waals surface area contributed by atoms with E-state index in [1.165, 1.54) is 31.3 Å². The van der Waals surface area contributed by atoms with Crippen molar-refractivity contribution in [3.05, 3.63) is 11.6 Å². The van der Waals surface area contributed by atoms with Crippen molar-refractivity contribution in [1.82, 2.24) is 5.32 Å². The lowest BCUT2D eigenvalue weighted by atomic mass is 9.97. The molecule has 0 aromatic carbocycles. The van der Waals surface area contributed by atoms with Gasteiger partial charge in [0.15, 0.2) is 0 Å². The third kappa shape index (κ3) is 7.13. The molecule has 0 fully saturated rings. The minimum absolute atomic E-state index is 0.0440. The summed E-state index contributed by atoms with van der Waals surface area (Å²) in [4.78, 5) is 11.4. The molecule has 0 aliphatic heterocycles. The normalized spacial score (nSPS) is 15.5. The molecule has 1 amide bonds. The third-order valence-electron chi connectivity index (χ3n) is 2.82. The molecule has 0 aromatic heterocycles. The van der Waals surface area contributed by atoms with E-state index in [4.69, 9.17) is 9.47 Å². The predicted molar refractivity (Wildman–Crippen MR) is 66.9 cm³/mol. The van der Waals surface area contributed by atoms with Gasteiger partial charge in [-0.3, -0.25) is 4.79 Å². The van der Waals surface area contributed by atoms with Crippen molar-refractivity contribution in [3.63, 3.8) is 0 Å². The summed E-state index contributed by atoms with van der Waals surface area (Å²) >= 11 is 0. The lowest BCUT2D eigenvalue weighted by Crippen LogP contribution is -2.29. The van der Waals surface area contributed by atoms with Gasteiger partial charge in [-0.05, 0) is 32.1 Å². The number of methoxy groups -OCH3 is 1. The van der Waals surface area contributed by atoms with E-state index in [9.17, 15) is 4.79 Å². The van der Waals surface area contributed by atoms with Crippen LogP contribution in [0.25, 0.3) is 0 Å². The Morgan fingerprint density at radius 2 is 2.29 bits per heavy atom. The minimum Gasteiger partial charge on any atom is -0.382 e. The van der Waals surface area contributed by atoms with Crippen LogP contribution in [0.2, 0.25) is 0 Å². The first kappa shape index (κ1) is 14.2. The molecule has 0 unspecified atom stereocenters. The predicted octanol–water partition coefficient (Wildman–Crippen LogP) is 1.66. The zero-order chi connectivity index (χ0) is 12.3. The van der Waals surface area contributed by atoms with Crippen LogP contribution < -0.4 is 5.32 Å². The molecule has 0 bridgehead atoms. The van der Waals surface area contributed by atoms with Gasteiger partial charge in [0.1, 0.15) is 6.61 Å². The lowest BCUT2D eigenvalue weighted by Gasteiger charge is -2.12. The maximum absolute atomic E-state index is 11.4. The number of nitrogens with one attached hydrogen (secondary N) is 1. The van der Waals surface area contributed by atoms with Gasteiger partial charge in [-0.2, -0.15) is 0 Å². The average Bonchev–Trinajstić information content (AvgIpc) is 2.36. The Morgan fingerprint density at radius 3 is 3.00 bits per heavy atom. The van der Waals surface area contributed by atoms with E-state index in [-0.39, 0.29) is 12.5 Å². The number of hydrogen-bond donors (Lipinski definition) is 1. The average molecular weight is 241 g/mol. The fraction of sp³-hybridized carbons (Fsp3) is 0.769. The highest BCUT2D eigenvalue weighted by Crippen LogP contribution is 2.19. The van der Waals surface area contributed by atoms with Gasteiger partial charge in [-0.1, -0.05) is 11.6 Å². The number of ether oxygens (including phenoxy) is 2. The van der Waals surface area contributed by atoms with Gasteiger partial charge in [0, 0.05) is 13.7 Å². The van der Waals surface area contributed by atoms with E-state index >= 15 is 0 Å². The summed E-state index contributed by atoms with van der Waals surface area (Å²) in [5.41, 5.74) is 1.48. The van der Waals surface area contributed by atoms with Gasteiger partial charge in [0.25, 0.3) is 0 Å². The maximum atomic E-state index is 11.4. The van der Waals surface area contributed by atoms with Crippen molar-refractivity contribution < 1.29 is 14.3 Å². The highest BCUT2D eigenvalue weighted by atomic mass is 16.5. The Kier molecular flexibility index (Phi) is 7.67. The van der Waals surface area contributed by atoms with Crippen molar-refractivity contribution in [2.24, 2.45) is 0 Å². The number of allylic oxidation sites excluding steroid dienone is 1. The van der Waals surface area contributed by atoms with Gasteiger partial charge in [0.2, 0.25) is 5.91 Å². The molecule has 1 aliphatic carbocycles. The second-order valence-corrected chi connectivity index (χ2v) is 4.25. The van der Waals surface area contributed by atoms with E-state index in [1.54, 1.807) is 7.11 Å². The largest absolute Gasteiger partial charge is 0.382 e. The molecule has 4 nitrogen and oxygen atoms in total. The smallest absolute Gasteiger partial charge is 0.246 e. The molecule has 0 radical (unpaired) electrons. The molecule has 0 saturated carbocycles. The molecule has 17 heavy (non-hydrogen) atoms. The molecule has 1 rings (SSSR count). The maximum Gasteiger partial charge on any atom is 0.246 e. The number of rotatable bonds is 8. The molecular formula is C13H23NO3. The van der Waals surface area contributed by atoms with Crippen LogP contribution in [0.3, 0.4) is 0 Å². The van der Waals surface area contributed by atoms with Crippen LogP contribution in [-0.2, 0) is 14.3 Å². The molecule has 1 aliphatic rings. The van der Waals surface area contributed by atoms with Crippen molar-refractivity contribution >= 4 is 5.91 Å². The fourth-order valence-electron chi connectivity index (χ4n) is 1.85. The fourth-order valence-corrected chi connectivity index (χ4v) is 1.85. The molecule has 0 aromatic rings. The zero-order valence-electron chi connectivity index (χ0n) is 10.7. The van der Waals surface area contributed by atoms with Gasteiger partial charge in [-0.15, -0.1) is 0 Å². The van der Waals surface area contributed by atoms with E-state index in [1.807, 2.05) is 0 Å². The van der Waals surface area contributed by atoms with Crippen LogP contribution in [0.5, 0.6) is 0 Å². The SMILES string of the molecule is COCCOCC(=O)NCCC1=CCCCC1. The van der Waals surface area contributed by atoms with Crippen LogP contribution >= 0.6 is 0 Å². The summed E-state index contributed by atoms with van der Waals surface area (Å²) < 4.78 is 9.95. The monoisotopic (exact) mass is 241 g/mol. The Morgan fingerprint density at radius 1 is 1.41 bits per heavy atom. The van der Waals surface area contributed by atoms with Crippen LogP contribution in [0, 0.1) is 0 Å². The quantitative estimate of drug-likeness (QED) is 0.519. The molecule has 0 heterocycles. The Balaban J connectivity index is 1.98. The molecule has 0 saturated heterocycles. The second-order valence-electron chi connectivity index (χ2n) is 4.25. The minimum atomic E-state index is -0.0440. The number of hydrogen-bond acceptors (Lipinski definition) is 3. The highest BCUT2D eigenvalue weighted by Gasteiger charge is 2.05. The zero-order valence-corrected chi connectivity index (χ0v) is 10.7. The van der Waals surface area contributed by atoms with Crippen LogP contribution in [-0.4, -0.2) is 39.4 Å². The topological polar surface area (TPSA) is 47.6 Å². The molecule has 0 atom stereocenters. The third-order valence-corrected chi connectivity index (χ3v) is 2.82. The molecular weight excluding hydrogens is 218 g/mol. The summed E-state index contributed by atoms with van der Waals surface area (Å²) in [7, 11) is 1.61. The van der Waals surface area contributed by atoms with Crippen LogP contribution in [0.15, 0.2) is 11.6 Å². The number of amides is 1. The molecule has 1 N–H and O–H groups in total. The van der Waals surface area contributed by atoms with E-state index in [2.05, 4.69) is 11.4 Å². The van der Waals surface area contributed by atoms with Crippen LogP contribution in [0.1, 0.15) is 32.1 Å². The van der Waals surface area contributed by atoms with Gasteiger partial charge in [0.05, 0.1) is 13.2 Å². The van der Waals surface area contributed by atoms with Gasteiger partial charge < -0.3 is 14.8 Å². The molecule has 98 valence electrons. The first-order valence-corrected chi connectivity index (χ1v) is 6.34. The summed E-state index contributed by atoms with van der Waals surface area (Å²) in [6.45, 7) is 1.84.